The van der Waals surface area contributed by atoms with E-state index in [4.69, 9.17) is 5.11 Å². The molecule has 0 aliphatic carbocycles. The Balaban J connectivity index is 2.86. The first-order valence-corrected chi connectivity index (χ1v) is 6.59. The summed E-state index contributed by atoms with van der Waals surface area (Å²) in [5.41, 5.74) is 0.374. The number of hydrogen-bond acceptors (Lipinski definition) is 2. The highest BCUT2D eigenvalue weighted by molar-refractivity contribution is 9.10. The minimum atomic E-state index is -0.874. The first-order chi connectivity index (χ1) is 7.16. The van der Waals surface area contributed by atoms with E-state index < -0.39 is 5.97 Å². The first-order valence-electron chi connectivity index (χ1n) is 4.81. The number of benzene rings is 1. The summed E-state index contributed by atoms with van der Waals surface area (Å²) in [6.07, 6.45) is 2.24. The Morgan fingerprint density at radius 2 is 2.27 bits per heavy atom. The zero-order valence-electron chi connectivity index (χ0n) is 8.50. The van der Waals surface area contributed by atoms with E-state index in [9.17, 15) is 4.79 Å². The van der Waals surface area contributed by atoms with E-state index in [2.05, 4.69) is 22.9 Å². The van der Waals surface area contributed by atoms with Crippen LogP contribution < -0.4 is 0 Å². The van der Waals surface area contributed by atoms with Crippen molar-refractivity contribution in [2.45, 2.75) is 24.7 Å². The Kier molecular flexibility index (Phi) is 5.19. The highest BCUT2D eigenvalue weighted by Crippen LogP contribution is 2.29. The van der Waals surface area contributed by atoms with E-state index >= 15 is 0 Å². The van der Waals surface area contributed by atoms with Crippen LogP contribution in [-0.2, 0) is 0 Å². The van der Waals surface area contributed by atoms with E-state index in [1.165, 1.54) is 0 Å². The molecule has 0 amide bonds. The maximum atomic E-state index is 11.0. The van der Waals surface area contributed by atoms with E-state index in [1.54, 1.807) is 17.8 Å². The van der Waals surface area contributed by atoms with Crippen LogP contribution in [0.15, 0.2) is 27.6 Å². The van der Waals surface area contributed by atoms with Gasteiger partial charge >= 0.3 is 5.97 Å². The molecule has 0 aromatic heterocycles. The smallest absolute Gasteiger partial charge is 0.337 e. The van der Waals surface area contributed by atoms with Crippen molar-refractivity contribution in [2.24, 2.45) is 0 Å². The number of halogens is 1. The molecule has 0 spiro atoms. The van der Waals surface area contributed by atoms with Crippen LogP contribution in [0.5, 0.6) is 0 Å². The summed E-state index contributed by atoms with van der Waals surface area (Å²) >= 11 is 4.87. The molecule has 0 unspecified atom stereocenters. The summed E-state index contributed by atoms with van der Waals surface area (Å²) in [7, 11) is 0. The fourth-order valence-electron chi connectivity index (χ4n) is 1.16. The quantitative estimate of drug-likeness (QED) is 0.656. The van der Waals surface area contributed by atoms with Crippen molar-refractivity contribution in [3.8, 4) is 0 Å². The van der Waals surface area contributed by atoms with Crippen LogP contribution in [0, 0.1) is 0 Å². The number of carboxylic acids is 1. The lowest BCUT2D eigenvalue weighted by Gasteiger charge is -2.06. The van der Waals surface area contributed by atoms with Gasteiger partial charge in [-0.05, 0) is 40.2 Å². The maximum Gasteiger partial charge on any atom is 0.337 e. The molecule has 4 heteroatoms. The third-order valence-electron chi connectivity index (χ3n) is 1.94. The minimum Gasteiger partial charge on any atom is -0.478 e. The second-order valence-corrected chi connectivity index (χ2v) is 5.11. The van der Waals surface area contributed by atoms with Gasteiger partial charge in [-0.3, -0.25) is 0 Å². The lowest BCUT2D eigenvalue weighted by molar-refractivity contribution is 0.0692. The van der Waals surface area contributed by atoms with E-state index in [-0.39, 0.29) is 0 Å². The SMILES string of the molecule is CCCCSc1cccc(Br)c1C(=O)O. The van der Waals surface area contributed by atoms with Gasteiger partial charge in [-0.25, -0.2) is 4.79 Å². The number of carbonyl (C=O) groups is 1. The number of hydrogen-bond donors (Lipinski definition) is 1. The van der Waals surface area contributed by atoms with Gasteiger partial charge in [0, 0.05) is 9.37 Å². The van der Waals surface area contributed by atoms with Crippen LogP contribution in [0.2, 0.25) is 0 Å². The molecule has 2 nitrogen and oxygen atoms in total. The van der Waals surface area contributed by atoms with Gasteiger partial charge in [-0.15, -0.1) is 11.8 Å². The van der Waals surface area contributed by atoms with Gasteiger partial charge in [0.05, 0.1) is 5.56 Å². The van der Waals surface area contributed by atoms with Crippen LogP contribution in [0.25, 0.3) is 0 Å². The molecule has 0 radical (unpaired) electrons. The zero-order valence-corrected chi connectivity index (χ0v) is 10.9. The van der Waals surface area contributed by atoms with Gasteiger partial charge in [-0.2, -0.15) is 0 Å². The topological polar surface area (TPSA) is 37.3 Å². The molecule has 1 aromatic carbocycles. The average molecular weight is 289 g/mol. The molecule has 0 atom stereocenters. The van der Waals surface area contributed by atoms with Crippen LogP contribution in [0.3, 0.4) is 0 Å². The standard InChI is InChI=1S/C11H13BrO2S/c1-2-3-7-15-9-6-4-5-8(12)10(9)11(13)14/h4-6H,2-3,7H2,1H3,(H,13,14). The molecule has 0 heterocycles. The van der Waals surface area contributed by atoms with Crippen LogP contribution in [0.4, 0.5) is 0 Å². The summed E-state index contributed by atoms with van der Waals surface area (Å²) in [6, 6.07) is 5.48. The Morgan fingerprint density at radius 1 is 1.53 bits per heavy atom. The predicted octanol–water partition coefficient (Wildman–Crippen LogP) is 4.04. The highest BCUT2D eigenvalue weighted by atomic mass is 79.9. The predicted molar refractivity (Wildman–Crippen MR) is 66.7 cm³/mol. The molecule has 0 saturated carbocycles. The molecule has 0 saturated heterocycles. The molecular formula is C11H13BrO2S. The number of thioether (sulfide) groups is 1. The largest absolute Gasteiger partial charge is 0.478 e. The Morgan fingerprint density at radius 3 is 2.87 bits per heavy atom. The van der Waals surface area contributed by atoms with Gasteiger partial charge < -0.3 is 5.11 Å². The van der Waals surface area contributed by atoms with Gasteiger partial charge in [0.2, 0.25) is 0 Å². The molecule has 0 aliphatic rings. The molecule has 0 fully saturated rings. The normalized spacial score (nSPS) is 10.3. The van der Waals surface area contributed by atoms with Crippen LogP contribution >= 0.6 is 27.7 Å². The molecule has 0 aliphatic heterocycles. The average Bonchev–Trinajstić information content (AvgIpc) is 2.17. The Hall–Kier alpha value is -0.480. The van der Waals surface area contributed by atoms with Crippen molar-refractivity contribution in [3.05, 3.63) is 28.2 Å². The van der Waals surface area contributed by atoms with Crippen molar-refractivity contribution in [1.82, 2.24) is 0 Å². The van der Waals surface area contributed by atoms with Crippen LogP contribution in [0.1, 0.15) is 30.1 Å². The Labute approximate surface area is 102 Å². The van der Waals surface area contributed by atoms with E-state index in [1.807, 2.05) is 12.1 Å². The van der Waals surface area contributed by atoms with E-state index in [0.29, 0.717) is 10.0 Å². The summed E-state index contributed by atoms with van der Waals surface area (Å²) in [5.74, 6) is 0.0919. The third kappa shape index (κ3) is 3.54. The van der Waals surface area contributed by atoms with Crippen molar-refractivity contribution in [3.63, 3.8) is 0 Å². The molecule has 0 bridgehead atoms. The maximum absolute atomic E-state index is 11.0. The fourth-order valence-corrected chi connectivity index (χ4v) is 2.99. The molecular weight excluding hydrogens is 276 g/mol. The summed E-state index contributed by atoms with van der Waals surface area (Å²) in [5, 5.41) is 9.06. The molecule has 1 aromatic rings. The van der Waals surface area contributed by atoms with Gasteiger partial charge in [-0.1, -0.05) is 19.4 Å². The second kappa shape index (κ2) is 6.18. The lowest BCUT2D eigenvalue weighted by Crippen LogP contribution is -2.00. The zero-order chi connectivity index (χ0) is 11.3. The van der Waals surface area contributed by atoms with Gasteiger partial charge in [0.15, 0.2) is 0 Å². The summed E-state index contributed by atoms with van der Waals surface area (Å²) < 4.78 is 0.650. The molecule has 1 rings (SSSR count). The van der Waals surface area contributed by atoms with Crippen molar-refractivity contribution in [2.75, 3.05) is 5.75 Å². The van der Waals surface area contributed by atoms with E-state index in [0.717, 1.165) is 23.5 Å². The van der Waals surface area contributed by atoms with Gasteiger partial charge in [0.25, 0.3) is 0 Å². The summed E-state index contributed by atoms with van der Waals surface area (Å²) in [6.45, 7) is 2.12. The molecule has 15 heavy (non-hydrogen) atoms. The van der Waals surface area contributed by atoms with Gasteiger partial charge in [0.1, 0.15) is 0 Å². The lowest BCUT2D eigenvalue weighted by atomic mass is 10.2. The monoisotopic (exact) mass is 288 g/mol. The van der Waals surface area contributed by atoms with Crippen LogP contribution in [-0.4, -0.2) is 16.8 Å². The summed E-state index contributed by atoms with van der Waals surface area (Å²) in [4.78, 5) is 11.9. The number of unbranched alkanes of at least 4 members (excludes halogenated alkanes) is 1. The third-order valence-corrected chi connectivity index (χ3v) is 3.75. The van der Waals surface area contributed by atoms with Crippen molar-refractivity contribution < 1.29 is 9.90 Å². The highest BCUT2D eigenvalue weighted by Gasteiger charge is 2.13. The molecule has 82 valence electrons. The fraction of sp³-hybridized carbons (Fsp3) is 0.364. The van der Waals surface area contributed by atoms with Crippen molar-refractivity contribution in [1.29, 1.82) is 0 Å². The van der Waals surface area contributed by atoms with Crippen molar-refractivity contribution >= 4 is 33.7 Å². The Bertz CT molecular complexity index is 352. The molecule has 1 N–H and O–H groups in total. The first kappa shape index (κ1) is 12.6. The minimum absolute atomic E-state index is 0.374. The number of rotatable bonds is 5. The number of aromatic carboxylic acids is 1. The number of carboxylic acid groups (broad SMARTS) is 1. The second-order valence-electron chi connectivity index (χ2n) is 3.12.